The highest BCUT2D eigenvalue weighted by Gasteiger charge is 2.44. The predicted octanol–water partition coefficient (Wildman–Crippen LogP) is 4.77. The Bertz CT molecular complexity index is 500. The van der Waals surface area contributed by atoms with Crippen LogP contribution in [-0.2, 0) is 4.74 Å². The van der Waals surface area contributed by atoms with Gasteiger partial charge in [0.15, 0.2) is 0 Å². The second-order valence-corrected chi connectivity index (χ2v) is 6.63. The number of aromatic nitrogens is 1. The quantitative estimate of drug-likeness (QED) is 0.780. The van der Waals surface area contributed by atoms with Crippen molar-refractivity contribution < 1.29 is 4.74 Å². The van der Waals surface area contributed by atoms with E-state index in [1.165, 1.54) is 5.56 Å². The molecule has 2 heterocycles. The van der Waals surface area contributed by atoms with Crippen molar-refractivity contribution in [3.63, 3.8) is 0 Å². The normalized spacial score (nSPS) is 21.7. The van der Waals surface area contributed by atoms with Crippen LogP contribution >= 0.6 is 0 Å². The lowest BCUT2D eigenvalue weighted by Gasteiger charge is -2.32. The second-order valence-electron chi connectivity index (χ2n) is 6.63. The molecule has 1 atom stereocenters. The first-order chi connectivity index (χ1) is 8.77. The van der Waals surface area contributed by atoms with Crippen molar-refractivity contribution in [2.24, 2.45) is 5.41 Å². The number of hydrogen-bond acceptors (Lipinski definition) is 2. The van der Waals surface area contributed by atoms with Crippen LogP contribution in [0.15, 0.2) is 24.4 Å². The lowest BCUT2D eigenvalue weighted by Crippen LogP contribution is -2.35. The van der Waals surface area contributed by atoms with E-state index in [0.29, 0.717) is 5.92 Å². The molecule has 0 aromatic carbocycles. The molecule has 2 heteroatoms. The van der Waals surface area contributed by atoms with Gasteiger partial charge in [-0.05, 0) is 50.0 Å². The van der Waals surface area contributed by atoms with E-state index in [9.17, 15) is 0 Å². The van der Waals surface area contributed by atoms with Crippen LogP contribution in [0.25, 0.3) is 5.76 Å². The number of nitrogens with zero attached hydrogens (tertiary/aromatic N) is 1. The van der Waals surface area contributed by atoms with Crippen LogP contribution < -0.4 is 0 Å². The van der Waals surface area contributed by atoms with Crippen molar-refractivity contribution >= 4 is 5.76 Å². The zero-order valence-electron chi connectivity index (χ0n) is 12.9. The third kappa shape index (κ3) is 2.54. The first kappa shape index (κ1) is 14.1. The van der Waals surface area contributed by atoms with Gasteiger partial charge in [-0.25, -0.2) is 0 Å². The Morgan fingerprint density at radius 2 is 1.95 bits per heavy atom. The highest BCUT2D eigenvalue weighted by Crippen LogP contribution is 2.46. The molecule has 0 spiro atoms. The SMILES string of the molecule is CCC(C)c1ccnc(C2=CC(C)(C)C(C)(C)O2)c1. The Morgan fingerprint density at radius 1 is 1.26 bits per heavy atom. The molecular weight excluding hydrogens is 234 g/mol. The van der Waals surface area contributed by atoms with Gasteiger partial charge in [0.05, 0.1) is 0 Å². The molecule has 2 rings (SSSR count). The number of rotatable bonds is 3. The van der Waals surface area contributed by atoms with Crippen LogP contribution in [0.3, 0.4) is 0 Å². The van der Waals surface area contributed by atoms with Gasteiger partial charge < -0.3 is 4.74 Å². The summed E-state index contributed by atoms with van der Waals surface area (Å²) in [6, 6.07) is 4.26. The van der Waals surface area contributed by atoms with Crippen molar-refractivity contribution in [2.75, 3.05) is 0 Å². The average Bonchev–Trinajstić information content (AvgIpc) is 2.58. The standard InChI is InChI=1S/C17H25NO/c1-7-12(2)13-8-9-18-14(10-13)15-11-16(3,4)17(5,6)19-15/h8-12H,7H2,1-6H3. The summed E-state index contributed by atoms with van der Waals surface area (Å²) in [6.07, 6.45) is 5.23. The second kappa shape index (κ2) is 4.66. The van der Waals surface area contributed by atoms with Gasteiger partial charge in [-0.3, -0.25) is 4.98 Å². The summed E-state index contributed by atoms with van der Waals surface area (Å²) in [4.78, 5) is 4.48. The number of pyridine rings is 1. The zero-order chi connectivity index (χ0) is 14.3. The Labute approximate surface area is 116 Å². The fourth-order valence-electron chi connectivity index (χ4n) is 2.19. The van der Waals surface area contributed by atoms with Crippen molar-refractivity contribution in [3.05, 3.63) is 35.7 Å². The van der Waals surface area contributed by atoms with Crippen LogP contribution in [0.2, 0.25) is 0 Å². The highest BCUT2D eigenvalue weighted by molar-refractivity contribution is 5.61. The minimum absolute atomic E-state index is 0.0242. The maximum Gasteiger partial charge on any atom is 0.142 e. The summed E-state index contributed by atoms with van der Waals surface area (Å²) in [5.41, 5.74) is 2.13. The van der Waals surface area contributed by atoms with Gasteiger partial charge in [-0.15, -0.1) is 0 Å². The third-order valence-electron chi connectivity index (χ3n) is 4.63. The zero-order valence-corrected chi connectivity index (χ0v) is 12.9. The first-order valence-electron chi connectivity index (χ1n) is 7.15. The van der Waals surface area contributed by atoms with Gasteiger partial charge in [0.1, 0.15) is 17.1 Å². The highest BCUT2D eigenvalue weighted by atomic mass is 16.5. The fraction of sp³-hybridized carbons (Fsp3) is 0.588. The lowest BCUT2D eigenvalue weighted by atomic mass is 9.78. The Hall–Kier alpha value is -1.31. The molecule has 0 aliphatic carbocycles. The van der Waals surface area contributed by atoms with E-state index >= 15 is 0 Å². The van der Waals surface area contributed by atoms with E-state index < -0.39 is 0 Å². The first-order valence-corrected chi connectivity index (χ1v) is 7.15. The summed E-state index contributed by atoms with van der Waals surface area (Å²) in [7, 11) is 0. The molecule has 0 fully saturated rings. The van der Waals surface area contributed by atoms with E-state index in [4.69, 9.17) is 4.74 Å². The summed E-state index contributed by atoms with van der Waals surface area (Å²) >= 11 is 0. The van der Waals surface area contributed by atoms with Crippen LogP contribution in [0.1, 0.15) is 65.1 Å². The molecule has 0 bridgehead atoms. The molecule has 104 valence electrons. The molecule has 1 aromatic rings. The molecular formula is C17H25NO. The van der Waals surface area contributed by atoms with Crippen LogP contribution in [0.4, 0.5) is 0 Å². The Balaban J connectivity index is 2.35. The molecule has 1 aliphatic heterocycles. The Morgan fingerprint density at radius 3 is 2.47 bits per heavy atom. The number of ether oxygens (including phenoxy) is 1. The van der Waals surface area contributed by atoms with E-state index in [-0.39, 0.29) is 11.0 Å². The third-order valence-corrected chi connectivity index (χ3v) is 4.63. The minimum atomic E-state index is -0.184. The summed E-state index contributed by atoms with van der Waals surface area (Å²) in [5.74, 6) is 1.48. The molecule has 0 amide bonds. The molecule has 0 saturated carbocycles. The maximum absolute atomic E-state index is 6.12. The maximum atomic E-state index is 6.12. The van der Waals surface area contributed by atoms with Gasteiger partial charge in [-0.1, -0.05) is 27.7 Å². The molecule has 0 saturated heterocycles. The van der Waals surface area contributed by atoms with Crippen LogP contribution in [0.5, 0.6) is 0 Å². The lowest BCUT2D eigenvalue weighted by molar-refractivity contribution is 0.0188. The molecule has 2 nitrogen and oxygen atoms in total. The fourth-order valence-corrected chi connectivity index (χ4v) is 2.19. The molecule has 0 radical (unpaired) electrons. The average molecular weight is 259 g/mol. The van der Waals surface area contributed by atoms with Gasteiger partial charge in [0, 0.05) is 11.6 Å². The van der Waals surface area contributed by atoms with E-state index in [2.05, 4.69) is 64.7 Å². The largest absolute Gasteiger partial charge is 0.485 e. The van der Waals surface area contributed by atoms with Crippen molar-refractivity contribution in [2.45, 2.75) is 59.5 Å². The molecule has 1 aliphatic rings. The smallest absolute Gasteiger partial charge is 0.142 e. The Kier molecular flexibility index (Phi) is 3.46. The monoisotopic (exact) mass is 259 g/mol. The summed E-state index contributed by atoms with van der Waals surface area (Å²) < 4.78 is 6.12. The van der Waals surface area contributed by atoms with Crippen LogP contribution in [0, 0.1) is 5.41 Å². The van der Waals surface area contributed by atoms with Crippen molar-refractivity contribution in [1.82, 2.24) is 4.98 Å². The van der Waals surface area contributed by atoms with Gasteiger partial charge in [0.2, 0.25) is 0 Å². The summed E-state index contributed by atoms with van der Waals surface area (Å²) in [6.45, 7) is 13.1. The molecule has 19 heavy (non-hydrogen) atoms. The molecule has 1 aromatic heterocycles. The van der Waals surface area contributed by atoms with Gasteiger partial charge in [-0.2, -0.15) is 0 Å². The minimum Gasteiger partial charge on any atom is -0.485 e. The van der Waals surface area contributed by atoms with Crippen molar-refractivity contribution in [3.8, 4) is 0 Å². The van der Waals surface area contributed by atoms with E-state index in [1.54, 1.807) is 0 Å². The van der Waals surface area contributed by atoms with Crippen molar-refractivity contribution in [1.29, 1.82) is 0 Å². The molecule has 0 N–H and O–H groups in total. The molecule has 1 unspecified atom stereocenters. The van der Waals surface area contributed by atoms with E-state index in [0.717, 1.165) is 17.9 Å². The van der Waals surface area contributed by atoms with Gasteiger partial charge in [0.25, 0.3) is 0 Å². The number of hydrogen-bond donors (Lipinski definition) is 0. The summed E-state index contributed by atoms with van der Waals surface area (Å²) in [5, 5.41) is 0. The van der Waals surface area contributed by atoms with Gasteiger partial charge >= 0.3 is 0 Å². The predicted molar refractivity (Wildman–Crippen MR) is 79.9 cm³/mol. The van der Waals surface area contributed by atoms with E-state index in [1.807, 2.05) is 6.20 Å². The topological polar surface area (TPSA) is 22.1 Å². The van der Waals surface area contributed by atoms with Crippen LogP contribution in [-0.4, -0.2) is 10.6 Å².